The summed E-state index contributed by atoms with van der Waals surface area (Å²) in [6.07, 6.45) is 1.32. The predicted molar refractivity (Wildman–Crippen MR) is 103 cm³/mol. The summed E-state index contributed by atoms with van der Waals surface area (Å²) in [5, 5.41) is 9.88. The van der Waals surface area contributed by atoms with Crippen LogP contribution in [-0.4, -0.2) is 42.0 Å². The molecule has 5 heteroatoms. The van der Waals surface area contributed by atoms with Crippen LogP contribution in [0.4, 0.5) is 0 Å². The van der Waals surface area contributed by atoms with Crippen molar-refractivity contribution in [2.24, 2.45) is 5.92 Å². The minimum Gasteiger partial charge on any atom is -0.496 e. The fourth-order valence-electron chi connectivity index (χ4n) is 3.81. The van der Waals surface area contributed by atoms with Crippen molar-refractivity contribution < 1.29 is 19.4 Å². The second-order valence-electron chi connectivity index (χ2n) is 7.03. The van der Waals surface area contributed by atoms with E-state index in [0.29, 0.717) is 37.2 Å². The summed E-state index contributed by atoms with van der Waals surface area (Å²) >= 11 is 0. The maximum Gasteiger partial charge on any atom is 0.325 e. The van der Waals surface area contributed by atoms with Crippen LogP contribution >= 0.6 is 0 Å². The molecule has 0 spiro atoms. The number of hydrogen-bond acceptors (Lipinski definition) is 4. The Hall–Kier alpha value is -2.66. The standard InChI is InChI=1S/C22H25NO4/c1-15-8-9-19(27-2)18(14-15)20(22(25)26)23-12-10-17(11-13-23)21(24)16-6-4-3-5-7-16/h3-9,14,17,20H,10-13H2,1-2H3,(H,25,26). The quantitative estimate of drug-likeness (QED) is 0.788. The molecule has 142 valence electrons. The molecule has 27 heavy (non-hydrogen) atoms. The number of hydrogen-bond donors (Lipinski definition) is 1. The largest absolute Gasteiger partial charge is 0.496 e. The van der Waals surface area contributed by atoms with E-state index in [2.05, 4.69) is 0 Å². The average molecular weight is 367 g/mol. The van der Waals surface area contributed by atoms with E-state index < -0.39 is 12.0 Å². The molecule has 0 bridgehead atoms. The molecule has 1 saturated heterocycles. The summed E-state index contributed by atoms with van der Waals surface area (Å²) in [6, 6.07) is 14.1. The number of ether oxygens (including phenoxy) is 1. The van der Waals surface area contributed by atoms with Crippen LogP contribution in [0.25, 0.3) is 0 Å². The molecule has 3 rings (SSSR count). The number of nitrogens with zero attached hydrogens (tertiary/aromatic N) is 1. The van der Waals surface area contributed by atoms with Gasteiger partial charge in [0.05, 0.1) is 7.11 Å². The molecule has 0 aromatic heterocycles. The lowest BCUT2D eigenvalue weighted by Crippen LogP contribution is -2.41. The second-order valence-corrected chi connectivity index (χ2v) is 7.03. The lowest BCUT2D eigenvalue weighted by molar-refractivity contribution is -0.144. The zero-order chi connectivity index (χ0) is 19.4. The Balaban J connectivity index is 1.76. The van der Waals surface area contributed by atoms with Gasteiger partial charge in [0.15, 0.2) is 5.78 Å². The molecule has 0 saturated carbocycles. The van der Waals surface area contributed by atoms with E-state index in [-0.39, 0.29) is 11.7 Å². The van der Waals surface area contributed by atoms with Gasteiger partial charge in [0.25, 0.3) is 0 Å². The number of methoxy groups -OCH3 is 1. The van der Waals surface area contributed by atoms with E-state index in [1.807, 2.05) is 60.4 Å². The summed E-state index contributed by atoms with van der Waals surface area (Å²) < 4.78 is 5.40. The minimum absolute atomic E-state index is 0.0579. The van der Waals surface area contributed by atoms with Crippen LogP contribution in [0.5, 0.6) is 5.75 Å². The number of likely N-dealkylation sites (tertiary alicyclic amines) is 1. The van der Waals surface area contributed by atoms with E-state index in [0.717, 1.165) is 11.1 Å². The minimum atomic E-state index is -0.897. The Labute approximate surface area is 159 Å². The maximum absolute atomic E-state index is 12.7. The van der Waals surface area contributed by atoms with Crippen LogP contribution in [0.3, 0.4) is 0 Å². The Morgan fingerprint density at radius 1 is 1.11 bits per heavy atom. The third-order valence-electron chi connectivity index (χ3n) is 5.24. The molecule has 5 nitrogen and oxygen atoms in total. The zero-order valence-corrected chi connectivity index (χ0v) is 15.7. The highest BCUT2D eigenvalue weighted by molar-refractivity contribution is 5.97. The van der Waals surface area contributed by atoms with Crippen LogP contribution in [0.15, 0.2) is 48.5 Å². The third-order valence-corrected chi connectivity index (χ3v) is 5.24. The lowest BCUT2D eigenvalue weighted by atomic mass is 9.87. The highest BCUT2D eigenvalue weighted by Crippen LogP contribution is 2.34. The highest BCUT2D eigenvalue weighted by Gasteiger charge is 2.34. The summed E-state index contributed by atoms with van der Waals surface area (Å²) in [5.74, 6) is -0.227. The number of carboxylic acid groups (broad SMARTS) is 1. The molecule has 1 heterocycles. The molecule has 2 aromatic carbocycles. The molecular weight excluding hydrogens is 342 g/mol. The van der Waals surface area contributed by atoms with Gasteiger partial charge in [-0.25, -0.2) is 0 Å². The van der Waals surface area contributed by atoms with Crippen molar-refractivity contribution in [3.8, 4) is 5.75 Å². The number of benzene rings is 2. The van der Waals surface area contributed by atoms with Crippen LogP contribution in [-0.2, 0) is 4.79 Å². The topological polar surface area (TPSA) is 66.8 Å². The predicted octanol–water partition coefficient (Wildman–Crippen LogP) is 3.72. The first-order valence-electron chi connectivity index (χ1n) is 9.22. The molecule has 0 radical (unpaired) electrons. The normalized spacial score (nSPS) is 16.7. The van der Waals surface area contributed by atoms with Crippen molar-refractivity contribution >= 4 is 11.8 Å². The Bertz CT molecular complexity index is 810. The third kappa shape index (κ3) is 4.19. The molecule has 1 aliphatic heterocycles. The summed E-state index contributed by atoms with van der Waals surface area (Å²) in [4.78, 5) is 26.7. The van der Waals surface area contributed by atoms with Gasteiger partial charge >= 0.3 is 5.97 Å². The van der Waals surface area contributed by atoms with Gasteiger partial charge in [0, 0.05) is 17.0 Å². The molecule has 0 aliphatic carbocycles. The first-order valence-corrected chi connectivity index (χ1v) is 9.22. The number of carbonyl (C=O) groups is 2. The van der Waals surface area contributed by atoms with Crippen molar-refractivity contribution in [3.63, 3.8) is 0 Å². The van der Waals surface area contributed by atoms with E-state index in [1.54, 1.807) is 7.11 Å². The molecule has 0 amide bonds. The Kier molecular flexibility index (Phi) is 5.91. The van der Waals surface area contributed by atoms with Gasteiger partial charge in [0.1, 0.15) is 11.8 Å². The molecule has 1 unspecified atom stereocenters. The number of aryl methyl sites for hydroxylation is 1. The number of rotatable bonds is 6. The van der Waals surface area contributed by atoms with Crippen molar-refractivity contribution in [2.75, 3.05) is 20.2 Å². The molecule has 2 aromatic rings. The number of Topliss-reactive ketones (excluding diaryl/α,β-unsaturated/α-hetero) is 1. The van der Waals surface area contributed by atoms with Crippen LogP contribution in [0.2, 0.25) is 0 Å². The molecule has 1 N–H and O–H groups in total. The van der Waals surface area contributed by atoms with Gasteiger partial charge in [-0.3, -0.25) is 14.5 Å². The number of ketones is 1. The molecular formula is C22H25NO4. The summed E-state index contributed by atoms with van der Waals surface area (Å²) in [5.41, 5.74) is 2.38. The fourth-order valence-corrected chi connectivity index (χ4v) is 3.81. The van der Waals surface area contributed by atoms with Gasteiger partial charge in [-0.1, -0.05) is 48.0 Å². The van der Waals surface area contributed by atoms with E-state index >= 15 is 0 Å². The Morgan fingerprint density at radius 3 is 2.37 bits per heavy atom. The van der Waals surface area contributed by atoms with Gasteiger partial charge in [-0.05, 0) is 38.9 Å². The van der Waals surface area contributed by atoms with E-state index in [4.69, 9.17) is 4.74 Å². The number of carboxylic acids is 1. The van der Waals surface area contributed by atoms with Gasteiger partial charge < -0.3 is 9.84 Å². The first kappa shape index (κ1) is 19.1. The fraction of sp³-hybridized carbons (Fsp3) is 0.364. The first-order chi connectivity index (χ1) is 13.0. The molecule has 1 fully saturated rings. The van der Waals surface area contributed by atoms with E-state index in [9.17, 15) is 14.7 Å². The lowest BCUT2D eigenvalue weighted by Gasteiger charge is -2.35. The smallest absolute Gasteiger partial charge is 0.325 e. The molecule has 1 atom stereocenters. The number of aliphatic carboxylic acids is 1. The van der Waals surface area contributed by atoms with Gasteiger partial charge in [0.2, 0.25) is 0 Å². The van der Waals surface area contributed by atoms with Crippen LogP contribution in [0.1, 0.15) is 40.4 Å². The van der Waals surface area contributed by atoms with E-state index in [1.165, 1.54) is 0 Å². The van der Waals surface area contributed by atoms with Crippen molar-refractivity contribution in [1.82, 2.24) is 4.90 Å². The number of carbonyl (C=O) groups excluding carboxylic acids is 1. The van der Waals surface area contributed by atoms with Crippen molar-refractivity contribution in [2.45, 2.75) is 25.8 Å². The zero-order valence-electron chi connectivity index (χ0n) is 15.7. The van der Waals surface area contributed by atoms with Crippen LogP contribution in [0, 0.1) is 12.8 Å². The summed E-state index contributed by atoms with van der Waals surface area (Å²) in [7, 11) is 1.55. The Morgan fingerprint density at radius 2 is 1.78 bits per heavy atom. The van der Waals surface area contributed by atoms with Crippen LogP contribution < -0.4 is 4.74 Å². The van der Waals surface area contributed by atoms with Gasteiger partial charge in [-0.2, -0.15) is 0 Å². The monoisotopic (exact) mass is 367 g/mol. The molecule has 1 aliphatic rings. The second kappa shape index (κ2) is 8.35. The van der Waals surface area contributed by atoms with Crippen molar-refractivity contribution in [1.29, 1.82) is 0 Å². The van der Waals surface area contributed by atoms with Gasteiger partial charge in [-0.15, -0.1) is 0 Å². The summed E-state index contributed by atoms with van der Waals surface area (Å²) in [6.45, 7) is 3.07. The SMILES string of the molecule is COc1ccc(C)cc1C(C(=O)O)N1CCC(C(=O)c2ccccc2)CC1. The highest BCUT2D eigenvalue weighted by atomic mass is 16.5. The van der Waals surface area contributed by atoms with Crippen molar-refractivity contribution in [3.05, 3.63) is 65.2 Å². The maximum atomic E-state index is 12.7. The number of piperidine rings is 1. The average Bonchev–Trinajstić information content (AvgIpc) is 2.69.